The largest absolute Gasteiger partial charge is 0.381 e. The molecule has 3 aliphatic heterocycles. The van der Waals surface area contributed by atoms with E-state index in [2.05, 4.69) is 15.5 Å². The van der Waals surface area contributed by atoms with Gasteiger partial charge in [0.2, 0.25) is 23.6 Å². The molecule has 5 rings (SSSR count). The van der Waals surface area contributed by atoms with Gasteiger partial charge in [-0.3, -0.25) is 14.4 Å². The molecular weight excluding hydrogens is 426 g/mol. The minimum Gasteiger partial charge on any atom is -0.381 e. The van der Waals surface area contributed by atoms with Gasteiger partial charge in [0.25, 0.3) is 0 Å². The van der Waals surface area contributed by atoms with Crippen LogP contribution in [0.2, 0.25) is 0 Å². The maximum absolute atomic E-state index is 13.0. The molecule has 0 spiro atoms. The molecule has 0 radical (unpaired) electrons. The quantitative estimate of drug-likeness (QED) is 0.738. The molecule has 3 aliphatic rings. The zero-order valence-electron chi connectivity index (χ0n) is 18.4. The van der Waals surface area contributed by atoms with Crippen molar-refractivity contribution in [3.05, 3.63) is 36.0 Å². The third kappa shape index (κ3) is 4.47. The lowest BCUT2D eigenvalue weighted by atomic mass is 10.00. The number of hydrogen-bond acceptors (Lipinski definition) is 7. The average Bonchev–Trinajstić information content (AvgIpc) is 3.52. The van der Waals surface area contributed by atoms with Crippen molar-refractivity contribution in [2.45, 2.75) is 50.5 Å². The van der Waals surface area contributed by atoms with Gasteiger partial charge in [0, 0.05) is 38.5 Å². The average molecular weight is 453 g/mol. The number of ether oxygens (including phenoxy) is 1. The molecule has 174 valence electrons. The number of benzene rings is 1. The zero-order chi connectivity index (χ0) is 22.8. The lowest BCUT2D eigenvalue weighted by Crippen LogP contribution is -2.42. The zero-order valence-corrected chi connectivity index (χ0v) is 18.4. The van der Waals surface area contributed by atoms with Gasteiger partial charge in [0.05, 0.1) is 11.4 Å². The molecular formula is C23H27N5O5. The van der Waals surface area contributed by atoms with E-state index < -0.39 is 0 Å². The molecule has 10 heteroatoms. The molecule has 10 nitrogen and oxygen atoms in total. The van der Waals surface area contributed by atoms with E-state index in [4.69, 9.17) is 9.26 Å². The van der Waals surface area contributed by atoms with Crippen LogP contribution in [-0.4, -0.2) is 59.1 Å². The molecule has 2 fully saturated rings. The first-order chi connectivity index (χ1) is 16.1. The number of likely N-dealkylation sites (tertiary alicyclic amines) is 1. The van der Waals surface area contributed by atoms with Crippen LogP contribution in [0.5, 0.6) is 0 Å². The highest BCUT2D eigenvalue weighted by Gasteiger charge is 2.35. The molecule has 33 heavy (non-hydrogen) atoms. The number of nitrogens with zero attached hydrogens (tertiary/aromatic N) is 4. The van der Waals surface area contributed by atoms with Crippen LogP contribution < -0.4 is 10.2 Å². The van der Waals surface area contributed by atoms with Crippen molar-refractivity contribution in [1.29, 1.82) is 0 Å². The van der Waals surface area contributed by atoms with E-state index in [1.54, 1.807) is 23.1 Å². The monoisotopic (exact) mass is 453 g/mol. The maximum Gasteiger partial charge on any atom is 0.249 e. The second-order valence-corrected chi connectivity index (χ2v) is 8.67. The summed E-state index contributed by atoms with van der Waals surface area (Å²) in [5.74, 6) is 0.765. The molecule has 1 atom stereocenters. The van der Waals surface area contributed by atoms with Crippen molar-refractivity contribution in [3.63, 3.8) is 0 Å². The fourth-order valence-corrected chi connectivity index (χ4v) is 4.77. The Morgan fingerprint density at radius 3 is 2.73 bits per heavy atom. The number of fused-ring (bicyclic) bond motifs is 1. The summed E-state index contributed by atoms with van der Waals surface area (Å²) in [6.07, 6.45) is 3.43. The summed E-state index contributed by atoms with van der Waals surface area (Å²) < 4.78 is 10.9. The predicted molar refractivity (Wildman–Crippen MR) is 117 cm³/mol. The fraction of sp³-hybridized carbons (Fsp3) is 0.522. The van der Waals surface area contributed by atoms with Crippen LogP contribution in [0.4, 0.5) is 11.4 Å². The summed E-state index contributed by atoms with van der Waals surface area (Å²) in [4.78, 5) is 45.7. The van der Waals surface area contributed by atoms with E-state index in [0.29, 0.717) is 42.8 Å². The molecule has 2 saturated heterocycles. The molecule has 0 saturated carbocycles. The van der Waals surface area contributed by atoms with Crippen molar-refractivity contribution < 1.29 is 23.6 Å². The Bertz CT molecular complexity index is 1050. The van der Waals surface area contributed by atoms with Gasteiger partial charge in [-0.25, -0.2) is 0 Å². The number of carbonyl (C=O) groups excluding carboxylic acids is 3. The van der Waals surface area contributed by atoms with E-state index in [-0.39, 0.29) is 49.1 Å². The third-order valence-electron chi connectivity index (χ3n) is 6.53. The number of rotatable bonds is 5. The minimum atomic E-state index is -0.254. The van der Waals surface area contributed by atoms with Crippen LogP contribution in [0.3, 0.4) is 0 Å². The maximum atomic E-state index is 13.0. The summed E-state index contributed by atoms with van der Waals surface area (Å²) in [5.41, 5.74) is 1.25. The van der Waals surface area contributed by atoms with Gasteiger partial charge in [-0.05, 0) is 37.8 Å². The van der Waals surface area contributed by atoms with Gasteiger partial charge in [0.15, 0.2) is 5.82 Å². The van der Waals surface area contributed by atoms with Crippen molar-refractivity contribution in [1.82, 2.24) is 15.0 Å². The Hall–Kier alpha value is -3.27. The Kier molecular flexibility index (Phi) is 6.08. The SMILES string of the molecule is O=C1CN(C(=O)CCC(=O)N2CCCC2c2nc(C3CCOCC3)no2)c2ccccc2N1. The van der Waals surface area contributed by atoms with E-state index in [1.807, 2.05) is 6.07 Å². The summed E-state index contributed by atoms with van der Waals surface area (Å²) >= 11 is 0. The lowest BCUT2D eigenvalue weighted by Gasteiger charge is -2.29. The number of aromatic nitrogens is 2. The van der Waals surface area contributed by atoms with Crippen LogP contribution in [0.1, 0.15) is 62.2 Å². The van der Waals surface area contributed by atoms with Crippen LogP contribution in [0.15, 0.2) is 28.8 Å². The first-order valence-corrected chi connectivity index (χ1v) is 11.5. The van der Waals surface area contributed by atoms with Gasteiger partial charge in [0.1, 0.15) is 12.6 Å². The number of hydrogen-bond donors (Lipinski definition) is 1. The second kappa shape index (κ2) is 9.30. The molecule has 1 N–H and O–H groups in total. The number of amides is 3. The molecule has 1 aromatic heterocycles. The topological polar surface area (TPSA) is 118 Å². The predicted octanol–water partition coefficient (Wildman–Crippen LogP) is 2.39. The van der Waals surface area contributed by atoms with Crippen LogP contribution in [0.25, 0.3) is 0 Å². The highest BCUT2D eigenvalue weighted by atomic mass is 16.5. The molecule has 3 amide bonds. The molecule has 0 aliphatic carbocycles. The second-order valence-electron chi connectivity index (χ2n) is 8.67. The molecule has 1 unspecified atom stereocenters. The molecule has 2 aromatic rings. The van der Waals surface area contributed by atoms with Gasteiger partial charge >= 0.3 is 0 Å². The smallest absolute Gasteiger partial charge is 0.249 e. The highest BCUT2D eigenvalue weighted by molar-refractivity contribution is 6.10. The molecule has 1 aromatic carbocycles. The van der Waals surface area contributed by atoms with Crippen LogP contribution >= 0.6 is 0 Å². The summed E-state index contributed by atoms with van der Waals surface area (Å²) in [6, 6.07) is 6.91. The van der Waals surface area contributed by atoms with Crippen molar-refractivity contribution in [2.24, 2.45) is 0 Å². The number of para-hydroxylation sites is 2. The fourth-order valence-electron chi connectivity index (χ4n) is 4.77. The van der Waals surface area contributed by atoms with Crippen molar-refractivity contribution in [3.8, 4) is 0 Å². The Morgan fingerprint density at radius 2 is 1.88 bits per heavy atom. The van der Waals surface area contributed by atoms with Gasteiger partial charge in [-0.2, -0.15) is 4.98 Å². The summed E-state index contributed by atoms with van der Waals surface area (Å²) in [6.45, 7) is 1.94. The molecule has 0 bridgehead atoms. The van der Waals surface area contributed by atoms with Crippen LogP contribution in [-0.2, 0) is 19.1 Å². The van der Waals surface area contributed by atoms with E-state index >= 15 is 0 Å². The van der Waals surface area contributed by atoms with Gasteiger partial charge in [-0.15, -0.1) is 0 Å². The van der Waals surface area contributed by atoms with Gasteiger partial charge < -0.3 is 24.4 Å². The third-order valence-corrected chi connectivity index (χ3v) is 6.53. The van der Waals surface area contributed by atoms with Crippen LogP contribution in [0, 0.1) is 0 Å². The number of anilines is 2. The Morgan fingerprint density at radius 1 is 1.09 bits per heavy atom. The van der Waals surface area contributed by atoms with E-state index in [1.165, 1.54) is 4.90 Å². The van der Waals surface area contributed by atoms with Crippen molar-refractivity contribution >= 4 is 29.1 Å². The number of carbonyl (C=O) groups is 3. The lowest BCUT2D eigenvalue weighted by molar-refractivity contribution is -0.134. The first-order valence-electron chi connectivity index (χ1n) is 11.5. The van der Waals surface area contributed by atoms with Crippen molar-refractivity contribution in [2.75, 3.05) is 36.5 Å². The first kappa shape index (κ1) is 21.6. The summed E-state index contributed by atoms with van der Waals surface area (Å²) in [5, 5.41) is 6.93. The standard InChI is InChI=1S/C23H27N5O5/c29-19-14-28(17-5-2-1-4-16(17)24-19)21(31)8-7-20(30)27-11-3-6-18(27)23-25-22(26-33-23)15-9-12-32-13-10-15/h1-2,4-5,15,18H,3,6-14H2,(H,24,29). The van der Waals surface area contributed by atoms with E-state index in [0.717, 1.165) is 25.7 Å². The van der Waals surface area contributed by atoms with Gasteiger partial charge in [-0.1, -0.05) is 17.3 Å². The normalized spacial score (nSPS) is 21.1. The highest BCUT2D eigenvalue weighted by Crippen LogP contribution is 2.34. The Balaban J connectivity index is 1.21. The molecule has 4 heterocycles. The minimum absolute atomic E-state index is 0.0286. The number of nitrogens with one attached hydrogen (secondary N) is 1. The Labute approximate surface area is 191 Å². The summed E-state index contributed by atoms with van der Waals surface area (Å²) in [7, 11) is 0. The van der Waals surface area contributed by atoms with E-state index in [9.17, 15) is 14.4 Å².